The van der Waals surface area contributed by atoms with Gasteiger partial charge >= 0.3 is 12.1 Å². The maximum atomic E-state index is 13.0. The van der Waals surface area contributed by atoms with E-state index in [1.165, 1.54) is 12.1 Å². The number of carbonyl (C=O) groups is 2. The standard InChI is InChI=1S/C18H21F4N3O2/c19-13-3-5-14(6-4-13)24-9-7-12(11-24)10-23-16(26)15-2-1-8-25(15)17(27)18(20,21)22/h3-6,12,15H,1-2,7-11H2,(H,23,26). The number of anilines is 1. The minimum absolute atomic E-state index is 0.0573. The molecule has 2 aliphatic rings. The zero-order valence-electron chi connectivity index (χ0n) is 14.6. The van der Waals surface area contributed by atoms with Gasteiger partial charge in [-0.1, -0.05) is 0 Å². The molecule has 0 aromatic heterocycles. The Balaban J connectivity index is 1.51. The molecular formula is C18H21F4N3O2. The SMILES string of the molecule is O=C(NCC1CCN(c2ccc(F)cc2)C1)C1CCCN1C(=O)C(F)(F)F. The van der Waals surface area contributed by atoms with Gasteiger partial charge in [0.05, 0.1) is 0 Å². The van der Waals surface area contributed by atoms with Crippen LogP contribution in [0.3, 0.4) is 0 Å². The van der Waals surface area contributed by atoms with Gasteiger partial charge in [-0.15, -0.1) is 0 Å². The van der Waals surface area contributed by atoms with Crippen molar-refractivity contribution < 1.29 is 27.2 Å². The first-order valence-electron chi connectivity index (χ1n) is 8.91. The first-order valence-corrected chi connectivity index (χ1v) is 8.91. The highest BCUT2D eigenvalue weighted by molar-refractivity contribution is 5.90. The molecule has 2 unspecified atom stereocenters. The number of benzene rings is 1. The fourth-order valence-electron chi connectivity index (χ4n) is 3.69. The number of nitrogens with one attached hydrogen (secondary N) is 1. The lowest BCUT2D eigenvalue weighted by Gasteiger charge is -2.25. The molecule has 148 valence electrons. The molecule has 1 N–H and O–H groups in total. The average molecular weight is 387 g/mol. The summed E-state index contributed by atoms with van der Waals surface area (Å²) >= 11 is 0. The number of carbonyl (C=O) groups excluding carboxylic acids is 2. The van der Waals surface area contributed by atoms with Gasteiger partial charge in [0.25, 0.3) is 0 Å². The van der Waals surface area contributed by atoms with Gasteiger partial charge < -0.3 is 15.1 Å². The molecule has 2 amide bonds. The molecule has 2 fully saturated rings. The van der Waals surface area contributed by atoms with Crippen LogP contribution in [-0.2, 0) is 9.59 Å². The minimum atomic E-state index is -4.97. The van der Waals surface area contributed by atoms with Crippen LogP contribution in [0.15, 0.2) is 24.3 Å². The largest absolute Gasteiger partial charge is 0.471 e. The highest BCUT2D eigenvalue weighted by Gasteiger charge is 2.47. The van der Waals surface area contributed by atoms with Gasteiger partial charge in [-0.05, 0) is 49.4 Å². The molecule has 0 radical (unpaired) electrons. The lowest BCUT2D eigenvalue weighted by atomic mass is 10.1. The molecule has 1 aromatic carbocycles. The van der Waals surface area contributed by atoms with Crippen molar-refractivity contribution in [2.45, 2.75) is 31.5 Å². The van der Waals surface area contributed by atoms with Gasteiger partial charge in [-0.3, -0.25) is 9.59 Å². The fraction of sp³-hybridized carbons (Fsp3) is 0.556. The van der Waals surface area contributed by atoms with Crippen LogP contribution in [0.25, 0.3) is 0 Å². The number of nitrogens with zero attached hydrogens (tertiary/aromatic N) is 2. The number of halogens is 4. The van der Waals surface area contributed by atoms with Crippen molar-refractivity contribution in [3.05, 3.63) is 30.1 Å². The number of likely N-dealkylation sites (tertiary alicyclic amines) is 1. The molecule has 0 aliphatic carbocycles. The molecule has 2 atom stereocenters. The van der Waals surface area contributed by atoms with E-state index in [4.69, 9.17) is 0 Å². The third-order valence-corrected chi connectivity index (χ3v) is 5.10. The Kier molecular flexibility index (Phi) is 5.57. The van der Waals surface area contributed by atoms with Gasteiger partial charge in [-0.2, -0.15) is 13.2 Å². The third kappa shape index (κ3) is 4.51. The fourth-order valence-corrected chi connectivity index (χ4v) is 3.69. The normalized spacial score (nSPS) is 23.0. The van der Waals surface area contributed by atoms with Crippen molar-refractivity contribution in [1.29, 1.82) is 0 Å². The van der Waals surface area contributed by atoms with E-state index in [-0.39, 0.29) is 24.7 Å². The van der Waals surface area contributed by atoms with Crippen molar-refractivity contribution in [1.82, 2.24) is 10.2 Å². The van der Waals surface area contributed by atoms with Gasteiger partial charge in [0.2, 0.25) is 5.91 Å². The number of hydrogen-bond acceptors (Lipinski definition) is 3. The summed E-state index contributed by atoms with van der Waals surface area (Å²) in [6.45, 7) is 1.70. The minimum Gasteiger partial charge on any atom is -0.371 e. The maximum absolute atomic E-state index is 13.0. The van der Waals surface area contributed by atoms with E-state index < -0.39 is 24.0 Å². The van der Waals surface area contributed by atoms with Crippen LogP contribution >= 0.6 is 0 Å². The van der Waals surface area contributed by atoms with E-state index in [2.05, 4.69) is 10.2 Å². The second-order valence-electron chi connectivity index (χ2n) is 6.98. The van der Waals surface area contributed by atoms with Crippen molar-refractivity contribution in [2.24, 2.45) is 5.92 Å². The van der Waals surface area contributed by atoms with Crippen LogP contribution in [0.1, 0.15) is 19.3 Å². The molecular weight excluding hydrogens is 366 g/mol. The van der Waals surface area contributed by atoms with Crippen LogP contribution in [-0.4, -0.2) is 55.1 Å². The second kappa shape index (κ2) is 7.74. The summed E-state index contributed by atoms with van der Waals surface area (Å²) in [5, 5.41) is 2.70. The molecule has 27 heavy (non-hydrogen) atoms. The average Bonchev–Trinajstić information content (AvgIpc) is 3.28. The number of hydrogen-bond donors (Lipinski definition) is 1. The van der Waals surface area contributed by atoms with E-state index >= 15 is 0 Å². The van der Waals surface area contributed by atoms with Crippen molar-refractivity contribution in [2.75, 3.05) is 31.1 Å². The molecule has 5 nitrogen and oxygen atoms in total. The zero-order valence-corrected chi connectivity index (χ0v) is 14.6. The Labute approximate surface area is 154 Å². The first kappa shape index (κ1) is 19.4. The summed E-state index contributed by atoms with van der Waals surface area (Å²) in [5.41, 5.74) is 0.892. The summed E-state index contributed by atoms with van der Waals surface area (Å²) in [6, 6.07) is 5.09. The molecule has 2 heterocycles. The van der Waals surface area contributed by atoms with Crippen LogP contribution in [0.2, 0.25) is 0 Å². The predicted octanol–water partition coefficient (Wildman–Crippen LogP) is 2.32. The number of amides is 2. The Bertz CT molecular complexity index is 693. The topological polar surface area (TPSA) is 52.7 Å². The highest BCUT2D eigenvalue weighted by atomic mass is 19.4. The van der Waals surface area contributed by atoms with Crippen LogP contribution in [0, 0.1) is 11.7 Å². The molecule has 0 saturated carbocycles. The summed E-state index contributed by atoms with van der Waals surface area (Å²) < 4.78 is 50.9. The maximum Gasteiger partial charge on any atom is 0.471 e. The van der Waals surface area contributed by atoms with Crippen molar-refractivity contribution in [3.8, 4) is 0 Å². The van der Waals surface area contributed by atoms with E-state index in [0.29, 0.717) is 24.4 Å². The van der Waals surface area contributed by atoms with E-state index in [1.807, 2.05) is 0 Å². The lowest BCUT2D eigenvalue weighted by molar-refractivity contribution is -0.186. The number of alkyl halides is 3. The highest BCUT2D eigenvalue weighted by Crippen LogP contribution is 2.26. The summed E-state index contributed by atoms with van der Waals surface area (Å²) in [6.07, 6.45) is -3.54. The smallest absolute Gasteiger partial charge is 0.371 e. The van der Waals surface area contributed by atoms with Crippen LogP contribution < -0.4 is 10.2 Å². The number of rotatable bonds is 4. The Morgan fingerprint density at radius 1 is 1.11 bits per heavy atom. The Morgan fingerprint density at radius 3 is 2.48 bits per heavy atom. The van der Waals surface area contributed by atoms with E-state index in [1.54, 1.807) is 12.1 Å². The summed E-state index contributed by atoms with van der Waals surface area (Å²) in [7, 11) is 0. The molecule has 2 aliphatic heterocycles. The van der Waals surface area contributed by atoms with E-state index in [9.17, 15) is 27.2 Å². The molecule has 0 bridgehead atoms. The van der Waals surface area contributed by atoms with E-state index in [0.717, 1.165) is 18.7 Å². The van der Waals surface area contributed by atoms with Crippen molar-refractivity contribution >= 4 is 17.5 Å². The van der Waals surface area contributed by atoms with Crippen LogP contribution in [0.5, 0.6) is 0 Å². The Hall–Kier alpha value is -2.32. The van der Waals surface area contributed by atoms with Gasteiger partial charge in [0.1, 0.15) is 11.9 Å². The van der Waals surface area contributed by atoms with Gasteiger partial charge in [0.15, 0.2) is 0 Å². The van der Waals surface area contributed by atoms with Gasteiger partial charge in [-0.25, -0.2) is 4.39 Å². The van der Waals surface area contributed by atoms with Crippen molar-refractivity contribution in [3.63, 3.8) is 0 Å². The monoisotopic (exact) mass is 387 g/mol. The zero-order chi connectivity index (χ0) is 19.6. The first-order chi connectivity index (χ1) is 12.8. The molecule has 1 aromatic rings. The second-order valence-corrected chi connectivity index (χ2v) is 6.98. The lowest BCUT2D eigenvalue weighted by Crippen LogP contribution is -2.50. The third-order valence-electron chi connectivity index (χ3n) is 5.10. The molecule has 3 rings (SSSR count). The van der Waals surface area contributed by atoms with Crippen LogP contribution in [0.4, 0.5) is 23.2 Å². The molecule has 9 heteroatoms. The van der Waals surface area contributed by atoms with Gasteiger partial charge in [0, 0.05) is 31.9 Å². The summed E-state index contributed by atoms with van der Waals surface area (Å²) in [5.74, 6) is -2.66. The molecule has 2 saturated heterocycles. The quantitative estimate of drug-likeness (QED) is 0.807. The predicted molar refractivity (Wildman–Crippen MR) is 90.5 cm³/mol. The summed E-state index contributed by atoms with van der Waals surface area (Å²) in [4.78, 5) is 26.5. The Morgan fingerprint density at radius 2 is 1.81 bits per heavy atom. The molecule has 0 spiro atoms.